The van der Waals surface area contributed by atoms with Crippen molar-refractivity contribution in [1.82, 2.24) is 57.3 Å². The molecule has 33 nitrogen and oxygen atoms in total. The molecule has 36 heteroatoms. The van der Waals surface area contributed by atoms with Crippen molar-refractivity contribution in [2.24, 2.45) is 29.6 Å². The van der Waals surface area contributed by atoms with Gasteiger partial charge in [-0.05, 0) is 119 Å². The number of carboxylic acid groups (broad SMARTS) is 4. The lowest BCUT2D eigenvalue weighted by Gasteiger charge is -2.39. The number of aliphatic carboxylic acids is 4. The first-order chi connectivity index (χ1) is 53.6. The number of ether oxygens (including phenoxy) is 2. The molecule has 0 radical (unpaired) electrons. The molecule has 4 rings (SSSR count). The molecule has 1 unspecified atom stereocenters. The van der Waals surface area contributed by atoms with E-state index in [0.717, 1.165) is 53.0 Å². The van der Waals surface area contributed by atoms with Crippen molar-refractivity contribution in [1.29, 1.82) is 0 Å². The molecule has 113 heavy (non-hydrogen) atoms. The predicted molar refractivity (Wildman–Crippen MR) is 422 cm³/mol. The molecule has 0 bridgehead atoms. The van der Waals surface area contributed by atoms with E-state index in [1.807, 2.05) is 48.6 Å². The molecule has 13 N–H and O–H groups in total. The van der Waals surface area contributed by atoms with Crippen LogP contribution in [0.15, 0.2) is 53.9 Å². The quantitative estimate of drug-likeness (QED) is 0.0123. The maximum atomic E-state index is 15.0. The second kappa shape index (κ2) is 50.6. The lowest BCUT2D eigenvalue weighted by molar-refractivity contribution is -0.160. The number of amides is 9. The molecule has 2 heterocycles. The van der Waals surface area contributed by atoms with Gasteiger partial charge in [0.15, 0.2) is 18.3 Å². The Morgan fingerprint density at radius 2 is 1.35 bits per heavy atom. The molecule has 0 spiro atoms. The van der Waals surface area contributed by atoms with Gasteiger partial charge in [0.2, 0.25) is 23.6 Å². The summed E-state index contributed by atoms with van der Waals surface area (Å²) in [5.74, 6) is -15.2. The van der Waals surface area contributed by atoms with Crippen LogP contribution in [0.2, 0.25) is 0 Å². The van der Waals surface area contributed by atoms with Crippen molar-refractivity contribution >= 4 is 122 Å². The number of likely N-dealkylation sites (N-methyl/N-ethyl adjacent to an activating group) is 1. The summed E-state index contributed by atoms with van der Waals surface area (Å²) in [6.45, 7) is 15.4. The van der Waals surface area contributed by atoms with Gasteiger partial charge in [-0.15, -0.1) is 11.3 Å². The Labute approximate surface area is 670 Å². The van der Waals surface area contributed by atoms with Gasteiger partial charge < -0.3 is 82.4 Å². The second-order valence-corrected chi connectivity index (χ2v) is 32.2. The number of rotatable bonds is 53. The van der Waals surface area contributed by atoms with Crippen LogP contribution in [0.3, 0.4) is 0 Å². The van der Waals surface area contributed by atoms with Gasteiger partial charge in [0.05, 0.1) is 42.3 Å². The summed E-state index contributed by atoms with van der Waals surface area (Å²) in [6.07, 6.45) is 2.58. The number of ketones is 2. The standard InChI is InChI=1S/C77H113N11O22S3/c1-10-17-67(97)110-44-88(73(102)55(46(6)11-2)38-63(91)60-19-14-16-29-87(60)9)61(45(4)5)33-48(8)72-85-58(42-111-72)71(101)82-53(34-49-24-26-54(89)27-25-49)32-47(7)69(99)80-41-68(98)109-30-31-112-113-43-59(75(105)106)84-70(100)52(37-65(93)94)36-62(90)57(39-66(95)96)83-64(92)35-50-20-22-51(23-21-50)40-81-76(107)79-28-15-13-18-56(74(103)104)86-77(108)78-12-3/h20-27,42,45-48,52-53,55-57,59-61,89H,10-19,28-41,43-44H2,1-9H3,(H,80,99)(H,82,101)(H,83,92)(H,84,100)(H,93,94)(H,95,96)(H,103,104)(H,105,106)(H2,78,86,108)(H2,79,81,107)/t46?,47-,48+,52-,53+,55-,56-,57-,59-,60+,61+/m0/s1. The first-order valence-electron chi connectivity index (χ1n) is 38.2. The average Bonchev–Trinajstić information content (AvgIpc) is 1.06. The maximum absolute atomic E-state index is 15.0. The summed E-state index contributed by atoms with van der Waals surface area (Å²) in [6, 6.07) is 5.66. The Morgan fingerprint density at radius 3 is 1.98 bits per heavy atom. The van der Waals surface area contributed by atoms with Crippen LogP contribution < -0.4 is 42.5 Å². The highest BCUT2D eigenvalue weighted by Gasteiger charge is 2.40. The Hall–Kier alpha value is -9.42. The highest BCUT2D eigenvalue weighted by molar-refractivity contribution is 8.76. The van der Waals surface area contributed by atoms with Crippen LogP contribution in [0.25, 0.3) is 0 Å². The topological polar surface area (TPSA) is 491 Å². The van der Waals surface area contributed by atoms with Gasteiger partial charge in [0.25, 0.3) is 5.91 Å². The average molecular weight is 1640 g/mol. The third kappa shape index (κ3) is 35.7. The fourth-order valence-electron chi connectivity index (χ4n) is 12.6. The van der Waals surface area contributed by atoms with Gasteiger partial charge in [-0.25, -0.2) is 24.2 Å². The molecule has 1 fully saturated rings. The molecule has 626 valence electrons. The van der Waals surface area contributed by atoms with Gasteiger partial charge >= 0.3 is 47.9 Å². The van der Waals surface area contributed by atoms with E-state index in [1.54, 1.807) is 60.5 Å². The molecule has 1 saturated heterocycles. The van der Waals surface area contributed by atoms with Crippen molar-refractivity contribution in [2.75, 3.05) is 58.1 Å². The Kier molecular flexibility index (Phi) is 43.0. The first kappa shape index (κ1) is 96.0. The predicted octanol–water partition coefficient (Wildman–Crippen LogP) is 6.57. The van der Waals surface area contributed by atoms with Crippen molar-refractivity contribution in [3.63, 3.8) is 0 Å². The number of thiazole rings is 1. The molecule has 1 aromatic heterocycles. The van der Waals surface area contributed by atoms with E-state index in [9.17, 15) is 97.5 Å². The van der Waals surface area contributed by atoms with E-state index in [0.29, 0.717) is 54.8 Å². The molecule has 0 saturated carbocycles. The zero-order valence-electron chi connectivity index (χ0n) is 65.8. The number of nitrogens with one attached hydrogen (secondary N) is 8. The minimum Gasteiger partial charge on any atom is -0.508 e. The second-order valence-electron chi connectivity index (χ2n) is 28.7. The summed E-state index contributed by atoms with van der Waals surface area (Å²) < 4.78 is 11.0. The monoisotopic (exact) mass is 1640 g/mol. The van der Waals surface area contributed by atoms with Crippen LogP contribution in [0, 0.1) is 29.6 Å². The number of phenolic OH excluding ortho intramolecular Hbond substituents is 1. The zero-order chi connectivity index (χ0) is 83.9. The van der Waals surface area contributed by atoms with Crippen molar-refractivity contribution in [3.8, 4) is 5.75 Å². The van der Waals surface area contributed by atoms with Crippen LogP contribution in [-0.4, -0.2) is 224 Å². The van der Waals surface area contributed by atoms with E-state index in [4.69, 9.17) is 14.5 Å². The number of carbonyl (C=O) groups is 15. The van der Waals surface area contributed by atoms with Crippen LogP contribution in [0.1, 0.15) is 190 Å². The van der Waals surface area contributed by atoms with Gasteiger partial charge in [-0.2, -0.15) is 0 Å². The van der Waals surface area contributed by atoms with Crippen LogP contribution in [0.4, 0.5) is 9.59 Å². The zero-order valence-corrected chi connectivity index (χ0v) is 68.2. The smallest absolute Gasteiger partial charge is 0.327 e. The van der Waals surface area contributed by atoms with Crippen molar-refractivity contribution in [3.05, 3.63) is 81.3 Å². The highest BCUT2D eigenvalue weighted by Crippen LogP contribution is 2.33. The number of hydrogen-bond acceptors (Lipinski definition) is 23. The van der Waals surface area contributed by atoms with E-state index in [1.165, 1.54) is 23.5 Å². The van der Waals surface area contributed by atoms with Gasteiger partial charge in [0.1, 0.15) is 36.7 Å². The molecule has 0 aliphatic carbocycles. The lowest BCUT2D eigenvalue weighted by atomic mass is 9.82. The number of benzene rings is 2. The number of phenols is 1. The van der Waals surface area contributed by atoms with E-state index in [-0.39, 0.29) is 123 Å². The molecule has 11 atom stereocenters. The van der Waals surface area contributed by atoms with E-state index < -0.39 is 151 Å². The van der Waals surface area contributed by atoms with Crippen molar-refractivity contribution < 1.29 is 107 Å². The number of aromatic nitrogens is 1. The normalized spacial score (nSPS) is 15.4. The molecular formula is C77H113N11O22S3. The number of Topliss-reactive ketones (excluding diaryl/α,β-unsaturated/α-hetero) is 2. The molecule has 9 amide bonds. The maximum Gasteiger partial charge on any atom is 0.327 e. The van der Waals surface area contributed by atoms with Crippen molar-refractivity contribution in [2.45, 2.75) is 213 Å². The number of hydrogen-bond donors (Lipinski definition) is 13. The minimum absolute atomic E-state index is 0.0195. The number of likely N-dealkylation sites (tertiary alicyclic amines) is 1. The number of aromatic hydroxyl groups is 1. The number of carbonyl (C=O) groups excluding carboxylic acids is 11. The molecule has 1 aliphatic rings. The number of nitrogens with zero attached hydrogens (tertiary/aromatic N) is 3. The summed E-state index contributed by atoms with van der Waals surface area (Å²) in [5, 5.41) is 71.2. The number of piperidine rings is 1. The molecule has 3 aromatic rings. The number of carboxylic acids is 4. The van der Waals surface area contributed by atoms with Crippen LogP contribution in [-0.2, 0) is 86.4 Å². The fourth-order valence-corrected chi connectivity index (χ4v) is 15.4. The van der Waals surface area contributed by atoms with E-state index >= 15 is 0 Å². The lowest BCUT2D eigenvalue weighted by Crippen LogP contribution is -2.50. The van der Waals surface area contributed by atoms with Gasteiger partial charge in [0, 0.05) is 85.6 Å². The highest BCUT2D eigenvalue weighted by atomic mass is 33.1. The Bertz CT molecular complexity index is 3660. The third-order valence-electron chi connectivity index (χ3n) is 19.2. The first-order valence-corrected chi connectivity index (χ1v) is 41.6. The Balaban J connectivity index is 1.27. The van der Waals surface area contributed by atoms with Gasteiger partial charge in [-0.3, -0.25) is 57.6 Å². The van der Waals surface area contributed by atoms with Crippen LogP contribution in [0.5, 0.6) is 5.75 Å². The SMILES string of the molecule is CCCC(=O)OCN(C(=O)[C@@H](CC(=O)[C@H]1CCCCN1C)C(C)CC)[C@H](C[C@@H](C)c1nc(C(=O)N[C@@H](Cc2ccc(O)cc2)C[C@H](C)C(=O)NCC(=O)OCCSSC[C@H](NC(=O)[C@H](CC(=O)O)CC(=O)[C@H](CC(=O)O)NC(=O)Cc2ccc(CNC(=O)NCCCC[C@H](NC(=O)NCC)C(=O)O)cc2)C(=O)O)cs1)C(C)C. The summed E-state index contributed by atoms with van der Waals surface area (Å²) in [7, 11) is 3.93. The number of urea groups is 2. The number of esters is 2. The molecule has 1 aliphatic heterocycles. The third-order valence-corrected chi connectivity index (χ3v) is 22.6. The summed E-state index contributed by atoms with van der Waals surface area (Å²) in [5.41, 5.74) is 1.88. The largest absolute Gasteiger partial charge is 0.508 e. The minimum atomic E-state index is -1.72. The number of unbranched alkanes of at least 4 members (excludes halogenated alkanes) is 1. The fraction of sp³-hybridized carbons (Fsp3) is 0.610. The molecular weight excluding hydrogens is 1530 g/mol. The summed E-state index contributed by atoms with van der Waals surface area (Å²) in [4.78, 5) is 203. The molecule has 2 aromatic carbocycles. The van der Waals surface area contributed by atoms with Crippen LogP contribution >= 0.6 is 32.9 Å². The summed E-state index contributed by atoms with van der Waals surface area (Å²) >= 11 is 1.27. The van der Waals surface area contributed by atoms with E-state index in [2.05, 4.69) is 47.4 Å². The Morgan fingerprint density at radius 1 is 0.681 bits per heavy atom. The van der Waals surface area contributed by atoms with Gasteiger partial charge in [-0.1, -0.05) is 119 Å².